The van der Waals surface area contributed by atoms with Gasteiger partial charge in [-0.25, -0.2) is 0 Å². The van der Waals surface area contributed by atoms with Crippen molar-refractivity contribution in [3.05, 3.63) is 29.8 Å². The van der Waals surface area contributed by atoms with E-state index in [4.69, 9.17) is 19.9 Å². The van der Waals surface area contributed by atoms with Crippen molar-refractivity contribution < 1.29 is 14.2 Å². The summed E-state index contributed by atoms with van der Waals surface area (Å²) in [5, 5.41) is 0. The van der Waals surface area contributed by atoms with Crippen LogP contribution in [0.3, 0.4) is 0 Å². The van der Waals surface area contributed by atoms with Crippen LogP contribution in [0.2, 0.25) is 0 Å². The lowest BCUT2D eigenvalue weighted by Crippen LogP contribution is -2.37. The van der Waals surface area contributed by atoms with Crippen molar-refractivity contribution in [1.82, 2.24) is 0 Å². The highest BCUT2D eigenvalue weighted by atomic mass is 16.6. The van der Waals surface area contributed by atoms with E-state index < -0.39 is 0 Å². The molecule has 0 amide bonds. The lowest BCUT2D eigenvalue weighted by molar-refractivity contribution is -0.131. The summed E-state index contributed by atoms with van der Waals surface area (Å²) >= 11 is 0. The summed E-state index contributed by atoms with van der Waals surface area (Å²) < 4.78 is 16.0. The van der Waals surface area contributed by atoms with Crippen molar-refractivity contribution in [3.8, 4) is 5.75 Å². The van der Waals surface area contributed by atoms with Gasteiger partial charge in [0.1, 0.15) is 11.9 Å². The van der Waals surface area contributed by atoms with Crippen molar-refractivity contribution in [3.63, 3.8) is 0 Å². The third-order valence-corrected chi connectivity index (χ3v) is 2.74. The van der Waals surface area contributed by atoms with E-state index >= 15 is 0 Å². The molecule has 1 heterocycles. The normalized spacial score (nSPS) is 17.5. The molecule has 0 aromatic heterocycles. The van der Waals surface area contributed by atoms with E-state index in [1.165, 1.54) is 0 Å². The summed E-state index contributed by atoms with van der Waals surface area (Å²) in [4.78, 5) is 0. The fourth-order valence-electron chi connectivity index (χ4n) is 1.62. The Morgan fingerprint density at radius 3 is 2.59 bits per heavy atom. The number of benzene rings is 1. The average molecular weight is 237 g/mol. The van der Waals surface area contributed by atoms with Gasteiger partial charge in [-0.2, -0.15) is 0 Å². The highest BCUT2D eigenvalue weighted by molar-refractivity contribution is 5.29. The van der Waals surface area contributed by atoms with Gasteiger partial charge < -0.3 is 19.9 Å². The second-order valence-electron chi connectivity index (χ2n) is 4.10. The first-order valence-electron chi connectivity index (χ1n) is 5.97. The zero-order chi connectivity index (χ0) is 12.1. The van der Waals surface area contributed by atoms with Gasteiger partial charge in [0.15, 0.2) is 0 Å². The molecule has 1 aliphatic rings. The number of hydrogen-bond donors (Lipinski definition) is 1. The van der Waals surface area contributed by atoms with E-state index in [-0.39, 0.29) is 12.1 Å². The molecule has 0 aliphatic carbocycles. The van der Waals surface area contributed by atoms with Crippen LogP contribution in [0.1, 0.15) is 18.5 Å². The predicted molar refractivity (Wildman–Crippen MR) is 65.1 cm³/mol. The zero-order valence-electron chi connectivity index (χ0n) is 10.1. The molecule has 1 unspecified atom stereocenters. The summed E-state index contributed by atoms with van der Waals surface area (Å²) in [6, 6.07) is 7.74. The maximum absolute atomic E-state index is 6.04. The summed E-state index contributed by atoms with van der Waals surface area (Å²) in [7, 11) is 0. The Morgan fingerprint density at radius 1 is 1.35 bits per heavy atom. The summed E-state index contributed by atoms with van der Waals surface area (Å²) in [5.74, 6) is 0.872. The van der Waals surface area contributed by atoms with Gasteiger partial charge in [0.2, 0.25) is 0 Å². The number of ether oxygens (including phenoxy) is 3. The molecule has 1 saturated heterocycles. The van der Waals surface area contributed by atoms with Gasteiger partial charge in [0.25, 0.3) is 0 Å². The molecule has 1 aromatic rings. The van der Waals surface area contributed by atoms with Gasteiger partial charge >= 0.3 is 0 Å². The van der Waals surface area contributed by atoms with Crippen LogP contribution in [0.4, 0.5) is 0 Å². The maximum Gasteiger partial charge on any atom is 0.119 e. The fourth-order valence-corrected chi connectivity index (χ4v) is 1.62. The maximum atomic E-state index is 6.04. The van der Waals surface area contributed by atoms with Gasteiger partial charge in [-0.1, -0.05) is 12.1 Å². The first-order valence-corrected chi connectivity index (χ1v) is 5.97. The van der Waals surface area contributed by atoms with Gasteiger partial charge in [-0.15, -0.1) is 0 Å². The molecule has 17 heavy (non-hydrogen) atoms. The SMILES string of the molecule is CCOc1ccc(C(N)COC2COC2)cc1. The molecule has 1 aliphatic heterocycles. The molecule has 2 N–H and O–H groups in total. The highest BCUT2D eigenvalue weighted by Gasteiger charge is 2.20. The van der Waals surface area contributed by atoms with E-state index in [9.17, 15) is 0 Å². The molecule has 0 spiro atoms. The number of hydrogen-bond acceptors (Lipinski definition) is 4. The molecule has 0 radical (unpaired) electrons. The van der Waals surface area contributed by atoms with Gasteiger partial charge in [0.05, 0.1) is 32.5 Å². The van der Waals surface area contributed by atoms with Crippen LogP contribution in [0.15, 0.2) is 24.3 Å². The predicted octanol–water partition coefficient (Wildman–Crippen LogP) is 1.50. The van der Waals surface area contributed by atoms with Crippen LogP contribution in [0, 0.1) is 0 Å². The molecule has 1 aromatic carbocycles. The zero-order valence-corrected chi connectivity index (χ0v) is 10.1. The third kappa shape index (κ3) is 3.43. The van der Waals surface area contributed by atoms with Crippen LogP contribution in [-0.4, -0.2) is 32.5 Å². The van der Waals surface area contributed by atoms with E-state index in [2.05, 4.69) is 0 Å². The summed E-state index contributed by atoms with van der Waals surface area (Å²) in [6.45, 7) is 4.55. The Bertz CT molecular complexity index is 335. The Hall–Kier alpha value is -1.10. The first kappa shape index (κ1) is 12.4. The fraction of sp³-hybridized carbons (Fsp3) is 0.538. The highest BCUT2D eigenvalue weighted by Crippen LogP contribution is 2.17. The summed E-state index contributed by atoms with van der Waals surface area (Å²) in [5.41, 5.74) is 7.10. The minimum atomic E-state index is -0.0914. The largest absolute Gasteiger partial charge is 0.494 e. The van der Waals surface area contributed by atoms with Gasteiger partial charge in [-0.05, 0) is 24.6 Å². The van der Waals surface area contributed by atoms with E-state index in [1.54, 1.807) is 0 Å². The second kappa shape index (κ2) is 6.00. The van der Waals surface area contributed by atoms with Crippen molar-refractivity contribution in [2.75, 3.05) is 26.4 Å². The summed E-state index contributed by atoms with van der Waals surface area (Å²) in [6.07, 6.45) is 0.226. The van der Waals surface area contributed by atoms with Gasteiger partial charge in [-0.3, -0.25) is 0 Å². The molecular formula is C13H19NO3. The van der Waals surface area contributed by atoms with Crippen LogP contribution in [0.5, 0.6) is 5.75 Å². The molecule has 0 bridgehead atoms. The standard InChI is InChI=1S/C13H19NO3/c1-2-16-11-5-3-10(4-6-11)13(14)9-17-12-7-15-8-12/h3-6,12-13H,2,7-9,14H2,1H3. The molecule has 0 saturated carbocycles. The Kier molecular flexibility index (Phi) is 4.36. The van der Waals surface area contributed by atoms with E-state index in [0.29, 0.717) is 26.4 Å². The van der Waals surface area contributed by atoms with Crippen molar-refractivity contribution in [2.45, 2.75) is 19.1 Å². The van der Waals surface area contributed by atoms with E-state index in [1.807, 2.05) is 31.2 Å². The van der Waals surface area contributed by atoms with Crippen molar-refractivity contribution >= 4 is 0 Å². The van der Waals surface area contributed by atoms with Crippen molar-refractivity contribution in [1.29, 1.82) is 0 Å². The van der Waals surface area contributed by atoms with Crippen LogP contribution in [-0.2, 0) is 9.47 Å². The van der Waals surface area contributed by atoms with E-state index in [0.717, 1.165) is 11.3 Å². The first-order chi connectivity index (χ1) is 8.29. The molecule has 94 valence electrons. The van der Waals surface area contributed by atoms with Crippen LogP contribution in [0.25, 0.3) is 0 Å². The quantitative estimate of drug-likeness (QED) is 0.814. The number of rotatable bonds is 6. The minimum Gasteiger partial charge on any atom is -0.494 e. The molecule has 4 nitrogen and oxygen atoms in total. The molecular weight excluding hydrogens is 218 g/mol. The average Bonchev–Trinajstić information content (AvgIpc) is 2.28. The Morgan fingerprint density at radius 2 is 2.06 bits per heavy atom. The molecule has 4 heteroatoms. The molecule has 1 atom stereocenters. The lowest BCUT2D eigenvalue weighted by Gasteiger charge is -2.27. The smallest absolute Gasteiger partial charge is 0.119 e. The Labute approximate surface area is 102 Å². The third-order valence-electron chi connectivity index (χ3n) is 2.74. The van der Waals surface area contributed by atoms with Crippen LogP contribution >= 0.6 is 0 Å². The van der Waals surface area contributed by atoms with Crippen molar-refractivity contribution in [2.24, 2.45) is 5.73 Å². The molecule has 2 rings (SSSR count). The Balaban J connectivity index is 1.82. The monoisotopic (exact) mass is 237 g/mol. The second-order valence-corrected chi connectivity index (χ2v) is 4.10. The topological polar surface area (TPSA) is 53.7 Å². The minimum absolute atomic E-state index is 0.0914. The number of nitrogens with two attached hydrogens (primary N) is 1. The lowest BCUT2D eigenvalue weighted by atomic mass is 10.1. The van der Waals surface area contributed by atoms with Gasteiger partial charge in [0, 0.05) is 0 Å². The van der Waals surface area contributed by atoms with Crippen LogP contribution < -0.4 is 10.5 Å². The molecule has 1 fully saturated rings.